The van der Waals surface area contributed by atoms with Crippen LogP contribution in [0.4, 0.5) is 0 Å². The molecule has 1 atom stereocenters. The van der Waals surface area contributed by atoms with Gasteiger partial charge in [-0.05, 0) is 37.6 Å². The Morgan fingerprint density at radius 3 is 3.06 bits per heavy atom. The molecular formula is C13H19ClN2O. The van der Waals surface area contributed by atoms with Crippen LogP contribution in [0.25, 0.3) is 0 Å². The summed E-state index contributed by atoms with van der Waals surface area (Å²) in [5.41, 5.74) is 6.92. The number of hydrogen-bond acceptors (Lipinski definition) is 3. The van der Waals surface area contributed by atoms with Crippen molar-refractivity contribution in [3.05, 3.63) is 28.8 Å². The Morgan fingerprint density at radius 1 is 1.53 bits per heavy atom. The van der Waals surface area contributed by atoms with Gasteiger partial charge in [-0.1, -0.05) is 11.6 Å². The highest BCUT2D eigenvalue weighted by Gasteiger charge is 2.23. The molecule has 1 aliphatic heterocycles. The smallest absolute Gasteiger partial charge is 0.123 e. The molecule has 17 heavy (non-hydrogen) atoms. The Labute approximate surface area is 107 Å². The summed E-state index contributed by atoms with van der Waals surface area (Å²) in [5.74, 6) is 0.900. The lowest BCUT2D eigenvalue weighted by atomic mass is 10.1. The number of rotatable bonds is 4. The van der Waals surface area contributed by atoms with Crippen molar-refractivity contribution < 1.29 is 4.74 Å². The van der Waals surface area contributed by atoms with E-state index in [9.17, 15) is 0 Å². The number of benzene rings is 1. The summed E-state index contributed by atoms with van der Waals surface area (Å²) in [6.45, 7) is 2.70. The van der Waals surface area contributed by atoms with E-state index < -0.39 is 0 Å². The van der Waals surface area contributed by atoms with Crippen LogP contribution in [-0.2, 0) is 6.54 Å². The molecule has 0 aromatic heterocycles. The van der Waals surface area contributed by atoms with Crippen LogP contribution in [0.2, 0.25) is 5.02 Å². The van der Waals surface area contributed by atoms with E-state index in [1.165, 1.54) is 12.8 Å². The van der Waals surface area contributed by atoms with Crippen LogP contribution in [0.1, 0.15) is 18.4 Å². The fourth-order valence-electron chi connectivity index (χ4n) is 2.46. The van der Waals surface area contributed by atoms with Crippen molar-refractivity contribution in [2.75, 3.05) is 20.2 Å². The van der Waals surface area contributed by atoms with Gasteiger partial charge >= 0.3 is 0 Å². The Bertz CT molecular complexity index is 384. The van der Waals surface area contributed by atoms with Crippen LogP contribution in [-0.4, -0.2) is 31.1 Å². The second-order valence-electron chi connectivity index (χ2n) is 4.46. The van der Waals surface area contributed by atoms with Crippen LogP contribution >= 0.6 is 11.6 Å². The topological polar surface area (TPSA) is 38.5 Å². The number of likely N-dealkylation sites (tertiary alicyclic amines) is 1. The molecule has 1 aliphatic rings. The van der Waals surface area contributed by atoms with Crippen molar-refractivity contribution in [2.45, 2.75) is 25.4 Å². The predicted molar refractivity (Wildman–Crippen MR) is 70.5 cm³/mol. The van der Waals surface area contributed by atoms with Gasteiger partial charge in [-0.2, -0.15) is 0 Å². The van der Waals surface area contributed by atoms with Gasteiger partial charge < -0.3 is 10.5 Å². The Kier molecular flexibility index (Phi) is 4.26. The van der Waals surface area contributed by atoms with E-state index in [0.717, 1.165) is 36.0 Å². The number of nitrogens with zero attached hydrogens (tertiary/aromatic N) is 1. The maximum atomic E-state index is 6.03. The van der Waals surface area contributed by atoms with E-state index >= 15 is 0 Å². The minimum Gasteiger partial charge on any atom is -0.496 e. The normalized spacial score (nSPS) is 20.8. The Hall–Kier alpha value is -0.770. The lowest BCUT2D eigenvalue weighted by Gasteiger charge is -2.24. The van der Waals surface area contributed by atoms with Crippen LogP contribution in [0, 0.1) is 0 Å². The van der Waals surface area contributed by atoms with E-state index in [0.29, 0.717) is 6.04 Å². The van der Waals surface area contributed by atoms with E-state index in [-0.39, 0.29) is 0 Å². The largest absolute Gasteiger partial charge is 0.496 e. The third-order valence-electron chi connectivity index (χ3n) is 3.39. The molecule has 1 aromatic carbocycles. The second kappa shape index (κ2) is 5.71. The molecule has 4 heteroatoms. The monoisotopic (exact) mass is 254 g/mol. The molecule has 0 bridgehead atoms. The van der Waals surface area contributed by atoms with Gasteiger partial charge in [0.1, 0.15) is 5.75 Å². The van der Waals surface area contributed by atoms with Crippen LogP contribution in [0.15, 0.2) is 18.2 Å². The summed E-state index contributed by atoms with van der Waals surface area (Å²) < 4.78 is 5.36. The molecule has 0 aliphatic carbocycles. The van der Waals surface area contributed by atoms with E-state index in [1.54, 1.807) is 7.11 Å². The highest BCUT2D eigenvalue weighted by Crippen LogP contribution is 2.27. The summed E-state index contributed by atoms with van der Waals surface area (Å²) in [4.78, 5) is 2.41. The van der Waals surface area contributed by atoms with Crippen molar-refractivity contribution in [1.29, 1.82) is 0 Å². The first-order chi connectivity index (χ1) is 8.24. The molecule has 1 heterocycles. The molecule has 94 valence electrons. The zero-order valence-corrected chi connectivity index (χ0v) is 10.9. The molecule has 0 spiro atoms. The van der Waals surface area contributed by atoms with Crippen LogP contribution in [0.3, 0.4) is 0 Å². The molecule has 1 unspecified atom stereocenters. The number of methoxy groups -OCH3 is 1. The highest BCUT2D eigenvalue weighted by molar-refractivity contribution is 6.30. The maximum absolute atomic E-state index is 6.03. The molecule has 1 fully saturated rings. The average molecular weight is 255 g/mol. The van der Waals surface area contributed by atoms with Crippen LogP contribution in [0.5, 0.6) is 5.75 Å². The molecule has 1 saturated heterocycles. The minimum absolute atomic E-state index is 0.499. The van der Waals surface area contributed by atoms with Crippen molar-refractivity contribution in [3.8, 4) is 5.75 Å². The first-order valence-electron chi connectivity index (χ1n) is 6.01. The van der Waals surface area contributed by atoms with E-state index in [1.807, 2.05) is 18.2 Å². The summed E-state index contributed by atoms with van der Waals surface area (Å²) in [7, 11) is 1.69. The molecule has 0 amide bonds. The molecule has 1 aromatic rings. The molecule has 0 radical (unpaired) electrons. The van der Waals surface area contributed by atoms with Crippen molar-refractivity contribution in [2.24, 2.45) is 5.73 Å². The second-order valence-corrected chi connectivity index (χ2v) is 4.89. The molecule has 2 N–H and O–H groups in total. The molecule has 2 rings (SSSR count). The number of hydrogen-bond donors (Lipinski definition) is 1. The van der Waals surface area contributed by atoms with Crippen molar-refractivity contribution in [3.63, 3.8) is 0 Å². The lowest BCUT2D eigenvalue weighted by Crippen LogP contribution is -2.34. The predicted octanol–water partition coefficient (Wildman–Crippen LogP) is 2.27. The zero-order chi connectivity index (χ0) is 12.3. The average Bonchev–Trinajstić information content (AvgIpc) is 2.77. The molecular weight excluding hydrogens is 236 g/mol. The van der Waals surface area contributed by atoms with Gasteiger partial charge in [0.15, 0.2) is 0 Å². The van der Waals surface area contributed by atoms with Gasteiger partial charge in [0.25, 0.3) is 0 Å². The fraction of sp³-hybridized carbons (Fsp3) is 0.538. The first kappa shape index (κ1) is 12.7. The summed E-state index contributed by atoms with van der Waals surface area (Å²) in [5, 5.41) is 0.754. The number of halogens is 1. The van der Waals surface area contributed by atoms with Crippen molar-refractivity contribution in [1.82, 2.24) is 4.90 Å². The summed E-state index contributed by atoms with van der Waals surface area (Å²) in [6, 6.07) is 6.25. The quantitative estimate of drug-likeness (QED) is 0.896. The molecule has 0 saturated carbocycles. The number of nitrogens with two attached hydrogens (primary N) is 1. The zero-order valence-electron chi connectivity index (χ0n) is 10.2. The van der Waals surface area contributed by atoms with Crippen LogP contribution < -0.4 is 10.5 Å². The maximum Gasteiger partial charge on any atom is 0.123 e. The first-order valence-corrected chi connectivity index (χ1v) is 6.39. The number of ether oxygens (including phenoxy) is 1. The van der Waals surface area contributed by atoms with Gasteiger partial charge in [-0.25, -0.2) is 0 Å². The van der Waals surface area contributed by atoms with Gasteiger partial charge in [0.2, 0.25) is 0 Å². The van der Waals surface area contributed by atoms with Gasteiger partial charge in [0, 0.05) is 29.7 Å². The van der Waals surface area contributed by atoms with Crippen molar-refractivity contribution >= 4 is 11.6 Å². The third-order valence-corrected chi connectivity index (χ3v) is 3.62. The highest BCUT2D eigenvalue weighted by atomic mass is 35.5. The lowest BCUT2D eigenvalue weighted by molar-refractivity contribution is 0.246. The van der Waals surface area contributed by atoms with E-state index in [2.05, 4.69) is 4.90 Å². The third kappa shape index (κ3) is 2.92. The van der Waals surface area contributed by atoms with Gasteiger partial charge in [-0.3, -0.25) is 4.90 Å². The fourth-order valence-corrected chi connectivity index (χ4v) is 2.65. The Morgan fingerprint density at radius 2 is 2.35 bits per heavy atom. The Balaban J connectivity index is 2.14. The van der Waals surface area contributed by atoms with Gasteiger partial charge in [0.05, 0.1) is 7.11 Å². The van der Waals surface area contributed by atoms with Gasteiger partial charge in [-0.15, -0.1) is 0 Å². The SMILES string of the molecule is COc1ccc(Cl)cc1CN1CCCC1CN. The summed E-state index contributed by atoms with van der Waals surface area (Å²) >= 11 is 6.03. The standard InChI is InChI=1S/C13H19ClN2O/c1-17-13-5-4-11(14)7-10(13)9-16-6-2-3-12(16)8-15/h4-5,7,12H,2-3,6,8-9,15H2,1H3. The summed E-state index contributed by atoms with van der Waals surface area (Å²) in [6.07, 6.45) is 2.42. The van der Waals surface area contributed by atoms with E-state index in [4.69, 9.17) is 22.1 Å². The molecule has 3 nitrogen and oxygen atoms in total. The minimum atomic E-state index is 0.499.